The van der Waals surface area contributed by atoms with Gasteiger partial charge in [-0.3, -0.25) is 9.59 Å². The highest BCUT2D eigenvalue weighted by Crippen LogP contribution is 2.02. The van der Waals surface area contributed by atoms with Crippen LogP contribution in [0.3, 0.4) is 0 Å². The van der Waals surface area contributed by atoms with Gasteiger partial charge in [-0.25, -0.2) is 9.97 Å². The van der Waals surface area contributed by atoms with Crippen LogP contribution in [0.2, 0.25) is 0 Å². The van der Waals surface area contributed by atoms with E-state index >= 15 is 0 Å². The Morgan fingerprint density at radius 2 is 2.23 bits per heavy atom. The van der Waals surface area contributed by atoms with Crippen molar-refractivity contribution in [1.82, 2.24) is 15.0 Å². The molecule has 0 amide bonds. The minimum atomic E-state index is -0.331. The molecule has 0 spiro atoms. The molecular formula is C8H5N3O2. The number of aromatic amines is 1. The molecule has 0 fully saturated rings. The molecule has 2 rings (SSSR count). The fourth-order valence-corrected chi connectivity index (χ4v) is 1.01. The van der Waals surface area contributed by atoms with Crippen LogP contribution in [0, 0.1) is 0 Å². The van der Waals surface area contributed by atoms with E-state index in [0.29, 0.717) is 17.5 Å². The third kappa shape index (κ3) is 1.31. The summed E-state index contributed by atoms with van der Waals surface area (Å²) < 4.78 is 0. The third-order valence-electron chi connectivity index (χ3n) is 1.58. The molecule has 0 aliphatic carbocycles. The monoisotopic (exact) mass is 175 g/mol. The molecule has 2 aromatic rings. The number of fused-ring (bicyclic) bond motifs is 1. The molecule has 0 aliphatic heterocycles. The summed E-state index contributed by atoms with van der Waals surface area (Å²) in [6, 6.07) is 3.17. The fourth-order valence-electron chi connectivity index (χ4n) is 1.01. The van der Waals surface area contributed by atoms with Gasteiger partial charge in [-0.2, -0.15) is 0 Å². The minimum Gasteiger partial charge on any atom is -0.304 e. The molecule has 2 heterocycles. The summed E-state index contributed by atoms with van der Waals surface area (Å²) in [7, 11) is 0. The number of aromatic nitrogens is 3. The van der Waals surface area contributed by atoms with E-state index in [1.54, 1.807) is 12.1 Å². The Morgan fingerprint density at radius 3 is 3.00 bits per heavy atom. The molecule has 0 aliphatic rings. The fraction of sp³-hybridized carbons (Fsp3) is 0. The van der Waals surface area contributed by atoms with Crippen molar-refractivity contribution in [2.24, 2.45) is 0 Å². The zero-order valence-electron chi connectivity index (χ0n) is 6.52. The molecule has 0 saturated carbocycles. The molecule has 0 saturated heterocycles. The Hall–Kier alpha value is -2.04. The molecule has 0 bridgehead atoms. The third-order valence-corrected chi connectivity index (χ3v) is 1.58. The molecule has 0 aromatic carbocycles. The quantitative estimate of drug-likeness (QED) is 0.625. The summed E-state index contributed by atoms with van der Waals surface area (Å²) in [6.07, 6.45) is 1.79. The lowest BCUT2D eigenvalue weighted by Gasteiger charge is -1.94. The van der Waals surface area contributed by atoms with Crippen LogP contribution in [0.1, 0.15) is 10.5 Å². The van der Waals surface area contributed by atoms with Gasteiger partial charge < -0.3 is 4.98 Å². The Labute approximate surface area is 72.5 Å². The van der Waals surface area contributed by atoms with Crippen LogP contribution < -0.4 is 5.56 Å². The smallest absolute Gasteiger partial charge is 0.268 e. The van der Waals surface area contributed by atoms with Crippen LogP contribution >= 0.6 is 0 Å². The topological polar surface area (TPSA) is 75.7 Å². The summed E-state index contributed by atoms with van der Waals surface area (Å²) in [4.78, 5) is 31.4. The number of hydrogen-bond donors (Lipinski definition) is 1. The van der Waals surface area contributed by atoms with Crippen molar-refractivity contribution in [1.29, 1.82) is 0 Å². The van der Waals surface area contributed by atoms with Crippen LogP contribution in [0.15, 0.2) is 23.1 Å². The zero-order valence-corrected chi connectivity index (χ0v) is 6.52. The summed E-state index contributed by atoms with van der Waals surface area (Å²) in [5.41, 5.74) is 0.835. The number of aldehydes is 1. The van der Waals surface area contributed by atoms with Gasteiger partial charge in [0.1, 0.15) is 11.2 Å². The van der Waals surface area contributed by atoms with Gasteiger partial charge in [-0.15, -0.1) is 0 Å². The van der Waals surface area contributed by atoms with Crippen LogP contribution in [0.25, 0.3) is 11.2 Å². The zero-order chi connectivity index (χ0) is 9.26. The second-order valence-corrected chi connectivity index (χ2v) is 2.47. The van der Waals surface area contributed by atoms with E-state index in [-0.39, 0.29) is 11.3 Å². The van der Waals surface area contributed by atoms with E-state index in [2.05, 4.69) is 15.0 Å². The average Bonchev–Trinajstić information content (AvgIpc) is 2.16. The highest BCUT2D eigenvalue weighted by atomic mass is 16.1. The van der Waals surface area contributed by atoms with Crippen LogP contribution in [-0.2, 0) is 0 Å². The van der Waals surface area contributed by atoms with E-state index in [9.17, 15) is 9.59 Å². The summed E-state index contributed by atoms with van der Waals surface area (Å²) in [5.74, 6) is 0. The highest BCUT2D eigenvalue weighted by molar-refractivity contribution is 5.78. The number of hydrogen-bond acceptors (Lipinski definition) is 4. The standard InChI is InChI=1S/C8H5N3O2/c12-4-5-1-2-6-8(10-5)11-7(13)3-9-6/h1-4H,(H,10,11,13). The van der Waals surface area contributed by atoms with Gasteiger partial charge in [0.25, 0.3) is 5.56 Å². The first-order valence-corrected chi connectivity index (χ1v) is 3.61. The van der Waals surface area contributed by atoms with E-state index in [1.807, 2.05) is 0 Å². The van der Waals surface area contributed by atoms with Crippen molar-refractivity contribution in [3.8, 4) is 0 Å². The SMILES string of the molecule is O=Cc1ccc2ncc(=O)[nH]c2n1. The van der Waals surface area contributed by atoms with Gasteiger partial charge in [0, 0.05) is 0 Å². The lowest BCUT2D eigenvalue weighted by atomic mass is 10.3. The summed E-state index contributed by atoms with van der Waals surface area (Å²) >= 11 is 0. The van der Waals surface area contributed by atoms with Gasteiger partial charge in [-0.1, -0.05) is 0 Å². The number of carbonyl (C=O) groups excluding carboxylic acids is 1. The first-order chi connectivity index (χ1) is 6.29. The molecule has 5 heteroatoms. The number of pyridine rings is 1. The number of carbonyl (C=O) groups is 1. The van der Waals surface area contributed by atoms with Crippen molar-refractivity contribution in [2.75, 3.05) is 0 Å². The maximum absolute atomic E-state index is 10.8. The first kappa shape index (κ1) is 7.60. The molecule has 5 nitrogen and oxygen atoms in total. The van der Waals surface area contributed by atoms with Crippen molar-refractivity contribution in [2.45, 2.75) is 0 Å². The minimum absolute atomic E-state index is 0.274. The molecule has 0 radical (unpaired) electrons. The van der Waals surface area contributed by atoms with E-state index in [4.69, 9.17) is 0 Å². The summed E-state index contributed by atoms with van der Waals surface area (Å²) in [6.45, 7) is 0. The summed E-state index contributed by atoms with van der Waals surface area (Å²) in [5, 5.41) is 0. The predicted octanol–water partition coefficient (Wildman–Crippen LogP) is 0.131. The Balaban J connectivity index is 2.82. The predicted molar refractivity (Wildman–Crippen MR) is 45.5 cm³/mol. The van der Waals surface area contributed by atoms with Gasteiger partial charge >= 0.3 is 0 Å². The molecule has 0 unspecified atom stereocenters. The number of nitrogens with zero attached hydrogens (tertiary/aromatic N) is 2. The Bertz CT molecular complexity index is 518. The molecule has 13 heavy (non-hydrogen) atoms. The molecular weight excluding hydrogens is 170 g/mol. The maximum Gasteiger partial charge on any atom is 0.268 e. The van der Waals surface area contributed by atoms with Crippen molar-refractivity contribution >= 4 is 17.5 Å². The highest BCUT2D eigenvalue weighted by Gasteiger charge is 1.98. The second-order valence-electron chi connectivity index (χ2n) is 2.47. The lowest BCUT2D eigenvalue weighted by Crippen LogP contribution is -2.06. The van der Waals surface area contributed by atoms with E-state index in [0.717, 1.165) is 0 Å². The molecule has 2 aromatic heterocycles. The van der Waals surface area contributed by atoms with Crippen LogP contribution in [-0.4, -0.2) is 21.2 Å². The number of nitrogens with one attached hydrogen (secondary N) is 1. The van der Waals surface area contributed by atoms with Crippen molar-refractivity contribution in [3.63, 3.8) is 0 Å². The molecule has 1 N–H and O–H groups in total. The van der Waals surface area contributed by atoms with Crippen molar-refractivity contribution < 1.29 is 4.79 Å². The average molecular weight is 175 g/mol. The Kier molecular flexibility index (Phi) is 1.63. The van der Waals surface area contributed by atoms with Gasteiger partial charge in [0.2, 0.25) is 0 Å². The molecule has 64 valence electrons. The maximum atomic E-state index is 10.8. The van der Waals surface area contributed by atoms with Crippen LogP contribution in [0.4, 0.5) is 0 Å². The normalized spacial score (nSPS) is 10.2. The Morgan fingerprint density at radius 1 is 1.38 bits per heavy atom. The second kappa shape index (κ2) is 2.78. The van der Waals surface area contributed by atoms with Crippen LogP contribution in [0.5, 0.6) is 0 Å². The van der Waals surface area contributed by atoms with E-state index < -0.39 is 0 Å². The number of H-pyrrole nitrogens is 1. The largest absolute Gasteiger partial charge is 0.304 e. The number of rotatable bonds is 1. The van der Waals surface area contributed by atoms with Crippen molar-refractivity contribution in [3.05, 3.63) is 34.4 Å². The molecule has 0 atom stereocenters. The van der Waals surface area contributed by atoms with Gasteiger partial charge in [0.15, 0.2) is 11.9 Å². The van der Waals surface area contributed by atoms with E-state index in [1.165, 1.54) is 6.20 Å². The van der Waals surface area contributed by atoms with Gasteiger partial charge in [-0.05, 0) is 12.1 Å². The van der Waals surface area contributed by atoms with Gasteiger partial charge in [0.05, 0.1) is 6.20 Å². The lowest BCUT2D eigenvalue weighted by molar-refractivity contribution is 0.111. The first-order valence-electron chi connectivity index (χ1n) is 3.61.